The lowest BCUT2D eigenvalue weighted by Crippen LogP contribution is -1.92. The van der Waals surface area contributed by atoms with Crippen molar-refractivity contribution in [2.75, 3.05) is 0 Å². The van der Waals surface area contributed by atoms with Gasteiger partial charge in [0.15, 0.2) is 0 Å². The molecule has 2 nitrogen and oxygen atoms in total. The molecule has 0 spiro atoms. The van der Waals surface area contributed by atoms with E-state index in [0.29, 0.717) is 78.0 Å². The molecule has 594 valence electrons. The summed E-state index contributed by atoms with van der Waals surface area (Å²) in [6, 6.07) is 81.9. The molecule has 0 saturated carbocycles. The van der Waals surface area contributed by atoms with Gasteiger partial charge >= 0.3 is 0 Å². The Morgan fingerprint density at radius 1 is 0.172 bits per heavy atom. The first-order chi connectivity index (χ1) is 73.5. The summed E-state index contributed by atoms with van der Waals surface area (Å²) in [5, 5.41) is 17.8. The van der Waals surface area contributed by atoms with Crippen LogP contribution < -0.4 is 0 Å². The van der Waals surface area contributed by atoms with Gasteiger partial charge in [-0.15, -0.1) is 45.3 Å². The second kappa shape index (κ2) is 29.1. The number of benzene rings is 23. The molecule has 6 heteroatoms. The highest BCUT2D eigenvalue weighted by atomic mass is 32.1. The summed E-state index contributed by atoms with van der Waals surface area (Å²) < 4.78 is 239. The molecule has 29 aromatic rings. The Hall–Kier alpha value is -15.4. The van der Waals surface area contributed by atoms with Gasteiger partial charge in [0.25, 0.3) is 0 Å². The molecule has 0 fully saturated rings. The zero-order valence-electron chi connectivity index (χ0n) is 91.0. The molecule has 0 N–H and O–H groups in total. The van der Waals surface area contributed by atoms with Gasteiger partial charge in [-0.25, -0.2) is 0 Å². The van der Waals surface area contributed by atoms with Crippen LogP contribution in [0.3, 0.4) is 0 Å². The van der Waals surface area contributed by atoms with Crippen LogP contribution in [-0.2, 0) is 0 Å². The van der Waals surface area contributed by atoms with Crippen molar-refractivity contribution in [2.24, 2.45) is 0 Å². The lowest BCUT2D eigenvalue weighted by atomic mass is 9.84. The Bertz CT molecular complexity index is 10900. The predicted octanol–water partition coefficient (Wildman–Crippen LogP) is 37.6. The first-order valence-electron chi connectivity index (χ1n) is 53.7. The van der Waals surface area contributed by atoms with Crippen LogP contribution in [-0.4, -0.2) is 0 Å². The number of furan rings is 2. The van der Waals surface area contributed by atoms with Crippen LogP contribution in [0.25, 0.3) is 278 Å². The first kappa shape index (κ1) is 53.1. The summed E-state index contributed by atoms with van der Waals surface area (Å²) in [7, 11) is 0. The highest BCUT2D eigenvalue weighted by Gasteiger charge is 2.27. The number of rotatable bonds is 6. The highest BCUT2D eigenvalue weighted by molar-refractivity contribution is 7.27. The van der Waals surface area contributed by atoms with Gasteiger partial charge in [-0.1, -0.05) is 363 Å². The van der Waals surface area contributed by atoms with Crippen LogP contribution in [0.4, 0.5) is 0 Å². The maximum Gasteiger partial charge on any atom is 0.136 e. The van der Waals surface area contributed by atoms with Crippen molar-refractivity contribution in [3.63, 3.8) is 0 Å². The molecule has 0 bridgehead atoms. The molecule has 0 saturated heterocycles. The summed E-state index contributed by atoms with van der Waals surface area (Å²) in [4.78, 5) is 0. The minimum atomic E-state index is -0.455. The molecule has 0 aliphatic carbocycles. The van der Waals surface area contributed by atoms with Crippen molar-refractivity contribution < 1.29 is 41.7 Å². The molecule has 29 rings (SSSR count). The van der Waals surface area contributed by atoms with Crippen molar-refractivity contribution in [3.8, 4) is 66.8 Å². The van der Waals surface area contributed by atoms with E-state index in [2.05, 4.69) is 24.3 Å². The fourth-order valence-electron chi connectivity index (χ4n) is 19.7. The molecule has 0 unspecified atom stereocenters. The quantitative estimate of drug-likeness (QED) is 0.155. The number of para-hydroxylation sites is 1. The first-order valence-corrected chi connectivity index (χ1v) is 45.0. The zero-order valence-corrected chi connectivity index (χ0v) is 70.3. The molecule has 128 heavy (non-hydrogen) atoms. The number of thiophene rings is 4. The summed E-state index contributed by atoms with van der Waals surface area (Å²) in [5.74, 6) is 0. The van der Waals surface area contributed by atoms with Gasteiger partial charge in [-0.3, -0.25) is 0 Å². The Morgan fingerprint density at radius 3 is 0.938 bits per heavy atom. The molecule has 23 aromatic carbocycles. The predicted molar refractivity (Wildman–Crippen MR) is 558 cm³/mol. The summed E-state index contributed by atoms with van der Waals surface area (Å²) in [5.41, 5.74) is 8.04. The molecular weight excluding hydrogens is 1630 g/mol. The smallest absolute Gasteiger partial charge is 0.136 e. The molecule has 6 aromatic heterocycles. The molecular formula is C122H70O2S4. The summed E-state index contributed by atoms with van der Waals surface area (Å²) in [6.45, 7) is 0. The molecule has 6 heterocycles. The second-order valence-corrected chi connectivity index (χ2v) is 36.1. The third-order valence-corrected chi connectivity index (χ3v) is 29.9. The fraction of sp³-hybridized carbons (Fsp3) is 0. The Morgan fingerprint density at radius 2 is 0.484 bits per heavy atom. The van der Waals surface area contributed by atoms with Crippen molar-refractivity contribution >= 4 is 256 Å². The van der Waals surface area contributed by atoms with E-state index in [9.17, 15) is 16.4 Å². The maximum atomic E-state index is 9.50. The van der Waals surface area contributed by atoms with Crippen LogP contribution in [0, 0.1) is 0 Å². The monoisotopic (exact) mass is 1720 g/mol. The normalized spacial score (nSPS) is 14.7. The van der Waals surface area contributed by atoms with Gasteiger partial charge in [0.2, 0.25) is 0 Å². The van der Waals surface area contributed by atoms with E-state index in [1.807, 2.05) is 249 Å². The van der Waals surface area contributed by atoms with Crippen molar-refractivity contribution in [3.05, 3.63) is 424 Å². The average molecular weight is 1720 g/mol. The van der Waals surface area contributed by atoms with E-state index in [-0.39, 0.29) is 148 Å². The van der Waals surface area contributed by atoms with Crippen LogP contribution in [0.15, 0.2) is 433 Å². The van der Waals surface area contributed by atoms with E-state index in [1.165, 1.54) is 0 Å². The topological polar surface area (TPSA) is 26.3 Å². The lowest BCUT2D eigenvalue weighted by Gasteiger charge is -2.19. The van der Waals surface area contributed by atoms with E-state index < -0.39 is 72.5 Å². The number of hydrogen-bond donors (Lipinski definition) is 0. The Labute approximate surface area is 783 Å². The largest absolute Gasteiger partial charge is 0.456 e. The zero-order chi connectivity index (χ0) is 105. The SMILES string of the molecule is [2H]c1c([2H])c([2H])c2c(-c3cc4oc5ccc6ccccc6c5c4c4ccccc34)c3c([2H])c([2H])c([2H])c([2H])c3c(-c3ccc4c(c3)oc3ccccc34)c2c1[2H].[2H]c1c([2H])c([2H])c2c(-c3cccc4c3sc3ccccc34)c3c([2H])c([2H])c([2H])c([2H])c3c(-c3ccc4c(c3)sc3ccccc34)c2c1[2H].[2H]c1c([2H])c([2H])c2c(-c3cccc4c3sc3ccccc34)c3c([2H])c([2H])c([2H])c([2H])c3c(-c3cccc4c3sc3ccccc34)c2c1[2H]. The van der Waals surface area contributed by atoms with E-state index in [1.54, 1.807) is 51.4 Å². The third-order valence-electron chi connectivity index (χ3n) is 25.1. The van der Waals surface area contributed by atoms with Crippen LogP contribution in [0.2, 0.25) is 0 Å². The lowest BCUT2D eigenvalue weighted by molar-refractivity contribution is 0.669. The van der Waals surface area contributed by atoms with Crippen LogP contribution >= 0.6 is 45.3 Å². The van der Waals surface area contributed by atoms with E-state index in [0.717, 1.165) is 124 Å². The van der Waals surface area contributed by atoms with Gasteiger partial charge in [0.1, 0.15) is 22.3 Å². The fourth-order valence-corrected chi connectivity index (χ4v) is 24.5. The van der Waals surface area contributed by atoms with Crippen LogP contribution in [0.1, 0.15) is 32.9 Å². The minimum Gasteiger partial charge on any atom is -0.456 e. The Kier molecular flexibility index (Phi) is 12.1. The summed E-state index contributed by atoms with van der Waals surface area (Å²) in [6.07, 6.45) is 0. The van der Waals surface area contributed by atoms with Gasteiger partial charge in [-0.2, -0.15) is 0 Å². The van der Waals surface area contributed by atoms with Gasteiger partial charge in [0, 0.05) is 119 Å². The number of hydrogen-bond acceptors (Lipinski definition) is 6. The molecule has 0 amide bonds. The van der Waals surface area contributed by atoms with E-state index in [4.69, 9.17) is 25.3 Å². The number of fused-ring (bicyclic) bond motifs is 28. The average Bonchev–Trinajstić information content (AvgIpc) is 1.11. The van der Waals surface area contributed by atoms with E-state index >= 15 is 0 Å². The second-order valence-electron chi connectivity index (χ2n) is 31.8. The van der Waals surface area contributed by atoms with Gasteiger partial charge in [-0.05, 0) is 197 Å². The van der Waals surface area contributed by atoms with Crippen LogP contribution in [0.5, 0.6) is 0 Å². The van der Waals surface area contributed by atoms with Gasteiger partial charge < -0.3 is 8.83 Å². The third kappa shape index (κ3) is 11.2. The molecule has 0 aliphatic rings. The van der Waals surface area contributed by atoms with Gasteiger partial charge in [0.05, 0.1) is 32.9 Å². The molecule has 0 atom stereocenters. The molecule has 0 radical (unpaired) electrons. The Balaban J connectivity index is 0.000000112. The standard InChI is InChI=1S/C46H26O2.2C38H22S2/c1-2-12-29-27(11-1)22-24-40-45(29)46-33-15-4-3-13-30(33)38(26-42(46)48-40)44-36-18-7-5-16-34(36)43(35-17-6-8-19-37(35)44)28-21-23-32-31-14-9-10-20-39(31)47-41(32)25-28;1-3-14-29-27(12-1)36(23-20-21-26-24-10-5-7-18-33(24)39-35(26)22-23)28-13-2-4-15-30(28)37(29)32-17-9-16-31-25-11-6-8-19-34(25)40-38(31)32;1-2-14-26-25(13-1)35(31-19-9-17-29-23-11-5-7-21-33(23)39-37(29)31)27-15-3-4-16-28(27)36(26)32-20-10-18-30-24-12-6-8-22-34(24)40-38(30)32/h1-26H;2*1-22H/i5D,6D,7D,8D,16D,17D,18D,19D;1D,2D,3D,4D,12D,13D,14D,15D;1D,2D,3D,4D,13D,14D,15D,16D. The molecule has 0 aliphatic heterocycles. The maximum absolute atomic E-state index is 9.50. The highest BCUT2D eigenvalue weighted by Crippen LogP contribution is 2.55. The van der Waals surface area contributed by atoms with Crippen molar-refractivity contribution in [1.29, 1.82) is 0 Å². The van der Waals surface area contributed by atoms with Crippen molar-refractivity contribution in [1.82, 2.24) is 0 Å². The minimum absolute atomic E-state index is 0.138. The van der Waals surface area contributed by atoms with Crippen molar-refractivity contribution in [2.45, 2.75) is 0 Å². The summed E-state index contributed by atoms with van der Waals surface area (Å²) >= 11 is 6.28.